The molecule has 3 nitrogen and oxygen atoms in total. The summed E-state index contributed by atoms with van der Waals surface area (Å²) in [5.74, 6) is 0.335. The molecule has 0 aromatic carbocycles. The fraction of sp³-hybridized carbons (Fsp3) is 0.615. The molecule has 1 aromatic rings. The molecule has 3 heterocycles. The minimum Gasteiger partial charge on any atom is -0.338 e. The third-order valence-corrected chi connectivity index (χ3v) is 5.06. The van der Waals surface area contributed by atoms with E-state index in [4.69, 9.17) is 0 Å². The largest absolute Gasteiger partial charge is 0.338 e. The Morgan fingerprint density at radius 2 is 2.39 bits per heavy atom. The first kappa shape index (κ1) is 13.8. The first-order valence-electron chi connectivity index (χ1n) is 6.31. The summed E-state index contributed by atoms with van der Waals surface area (Å²) < 4.78 is 0. The maximum atomic E-state index is 11.9. The normalized spacial score (nSPS) is 26.3. The van der Waals surface area contributed by atoms with Crippen LogP contribution in [0.5, 0.6) is 0 Å². The minimum absolute atomic E-state index is 0. The second-order valence-corrected chi connectivity index (χ2v) is 5.99. The molecule has 100 valence electrons. The van der Waals surface area contributed by atoms with Gasteiger partial charge in [-0.25, -0.2) is 0 Å². The quantitative estimate of drug-likeness (QED) is 0.922. The number of likely N-dealkylation sites (tertiary alicyclic amines) is 1. The van der Waals surface area contributed by atoms with Crippen LogP contribution in [0.25, 0.3) is 0 Å². The van der Waals surface area contributed by atoms with E-state index < -0.39 is 0 Å². The van der Waals surface area contributed by atoms with Crippen LogP contribution in [0.1, 0.15) is 23.3 Å². The summed E-state index contributed by atoms with van der Waals surface area (Å²) >= 11 is 1.81. The van der Waals surface area contributed by atoms with Crippen LogP contribution in [0.3, 0.4) is 0 Å². The third kappa shape index (κ3) is 2.42. The minimum atomic E-state index is 0. The molecule has 0 aliphatic carbocycles. The number of aryl methyl sites for hydroxylation is 1. The van der Waals surface area contributed by atoms with Gasteiger partial charge in [0, 0.05) is 29.9 Å². The topological polar surface area (TPSA) is 32.3 Å². The first-order chi connectivity index (χ1) is 8.25. The van der Waals surface area contributed by atoms with Gasteiger partial charge in [-0.2, -0.15) is 0 Å². The van der Waals surface area contributed by atoms with Crippen molar-refractivity contribution in [1.82, 2.24) is 10.2 Å². The van der Waals surface area contributed by atoms with Gasteiger partial charge in [-0.05, 0) is 43.3 Å². The first-order valence-corrected chi connectivity index (χ1v) is 7.19. The second-order valence-electron chi connectivity index (χ2n) is 4.98. The predicted octanol–water partition coefficient (Wildman–Crippen LogP) is 1.98. The molecule has 18 heavy (non-hydrogen) atoms. The SMILES string of the molecule is Cc1ccsc1CCN1C(=O)C[C@H]2NCC[C@H]21.Cl. The molecule has 2 atom stereocenters. The van der Waals surface area contributed by atoms with Gasteiger partial charge in [0.25, 0.3) is 0 Å². The zero-order chi connectivity index (χ0) is 11.8. The van der Waals surface area contributed by atoms with Crippen molar-refractivity contribution >= 4 is 29.7 Å². The molecule has 5 heteroatoms. The summed E-state index contributed by atoms with van der Waals surface area (Å²) in [5.41, 5.74) is 1.36. The molecular formula is C13H19ClN2OS. The Morgan fingerprint density at radius 1 is 1.56 bits per heavy atom. The van der Waals surface area contributed by atoms with Crippen LogP contribution >= 0.6 is 23.7 Å². The molecule has 1 amide bonds. The van der Waals surface area contributed by atoms with Gasteiger partial charge in [-0.1, -0.05) is 0 Å². The number of hydrogen-bond donors (Lipinski definition) is 1. The number of rotatable bonds is 3. The van der Waals surface area contributed by atoms with Crippen LogP contribution in [0, 0.1) is 6.92 Å². The Bertz CT molecular complexity index is 434. The fourth-order valence-electron chi connectivity index (χ4n) is 3.00. The number of amides is 1. The molecule has 2 saturated heterocycles. The van der Waals surface area contributed by atoms with E-state index in [1.54, 1.807) is 11.3 Å². The smallest absolute Gasteiger partial charge is 0.224 e. The lowest BCUT2D eigenvalue weighted by Crippen LogP contribution is -2.37. The summed E-state index contributed by atoms with van der Waals surface area (Å²) in [4.78, 5) is 15.4. The molecular weight excluding hydrogens is 268 g/mol. The molecule has 2 aliphatic rings. The van der Waals surface area contributed by atoms with E-state index in [2.05, 4.69) is 28.6 Å². The Hall–Kier alpha value is -0.580. The molecule has 1 N–H and O–H groups in total. The third-order valence-electron chi connectivity index (χ3n) is 3.97. The van der Waals surface area contributed by atoms with E-state index in [0.717, 1.165) is 25.9 Å². The fourth-order valence-corrected chi connectivity index (χ4v) is 3.90. The van der Waals surface area contributed by atoms with Crippen LogP contribution in [0.2, 0.25) is 0 Å². The summed E-state index contributed by atoms with van der Waals surface area (Å²) in [6.45, 7) is 4.11. The number of carbonyl (C=O) groups excluding carboxylic acids is 1. The maximum absolute atomic E-state index is 11.9. The molecule has 1 aromatic heterocycles. The maximum Gasteiger partial charge on any atom is 0.224 e. The van der Waals surface area contributed by atoms with E-state index >= 15 is 0 Å². The second kappa shape index (κ2) is 5.59. The Morgan fingerprint density at radius 3 is 3.11 bits per heavy atom. The number of nitrogens with zero attached hydrogens (tertiary/aromatic N) is 1. The molecule has 2 aliphatic heterocycles. The van der Waals surface area contributed by atoms with E-state index in [0.29, 0.717) is 24.4 Å². The lowest BCUT2D eigenvalue weighted by molar-refractivity contribution is -0.129. The van der Waals surface area contributed by atoms with Gasteiger partial charge in [-0.3, -0.25) is 4.79 Å². The van der Waals surface area contributed by atoms with E-state index in [1.165, 1.54) is 10.4 Å². The van der Waals surface area contributed by atoms with Crippen LogP contribution < -0.4 is 5.32 Å². The van der Waals surface area contributed by atoms with Gasteiger partial charge in [0.15, 0.2) is 0 Å². The van der Waals surface area contributed by atoms with Crippen LogP contribution in [-0.2, 0) is 11.2 Å². The van der Waals surface area contributed by atoms with Gasteiger partial charge < -0.3 is 10.2 Å². The Kier molecular flexibility index (Phi) is 4.30. The van der Waals surface area contributed by atoms with Crippen molar-refractivity contribution in [3.8, 4) is 0 Å². The van der Waals surface area contributed by atoms with Gasteiger partial charge >= 0.3 is 0 Å². The molecule has 3 rings (SSSR count). The highest BCUT2D eigenvalue weighted by atomic mass is 35.5. The van der Waals surface area contributed by atoms with Crippen molar-refractivity contribution < 1.29 is 4.79 Å². The Labute approximate surface area is 118 Å². The molecule has 0 saturated carbocycles. The van der Waals surface area contributed by atoms with Gasteiger partial charge in [0.2, 0.25) is 5.91 Å². The average Bonchev–Trinajstić information content (AvgIpc) is 2.94. The predicted molar refractivity (Wildman–Crippen MR) is 76.5 cm³/mol. The van der Waals surface area contributed by atoms with Crippen molar-refractivity contribution in [2.45, 2.75) is 38.3 Å². The van der Waals surface area contributed by atoms with E-state index in [9.17, 15) is 4.79 Å². The van der Waals surface area contributed by atoms with Crippen molar-refractivity contribution in [2.24, 2.45) is 0 Å². The van der Waals surface area contributed by atoms with E-state index in [1.807, 2.05) is 0 Å². The molecule has 0 radical (unpaired) electrons. The zero-order valence-electron chi connectivity index (χ0n) is 10.5. The number of hydrogen-bond acceptors (Lipinski definition) is 3. The van der Waals surface area contributed by atoms with Crippen molar-refractivity contribution in [1.29, 1.82) is 0 Å². The molecule has 0 bridgehead atoms. The monoisotopic (exact) mass is 286 g/mol. The highest BCUT2D eigenvalue weighted by Gasteiger charge is 2.41. The van der Waals surface area contributed by atoms with Crippen molar-refractivity contribution in [2.75, 3.05) is 13.1 Å². The Balaban J connectivity index is 0.00000120. The summed E-state index contributed by atoms with van der Waals surface area (Å²) in [6, 6.07) is 3.04. The number of nitrogens with one attached hydrogen (secondary N) is 1. The molecule has 0 unspecified atom stereocenters. The number of halogens is 1. The van der Waals surface area contributed by atoms with Gasteiger partial charge in [-0.15, -0.1) is 23.7 Å². The molecule has 2 fully saturated rings. The van der Waals surface area contributed by atoms with Crippen LogP contribution in [-0.4, -0.2) is 36.0 Å². The summed E-state index contributed by atoms with van der Waals surface area (Å²) in [5, 5.41) is 5.56. The standard InChI is InChI=1S/C13H18N2OS.ClH/c1-9-4-7-17-12(9)3-6-15-11-2-5-14-10(11)8-13(15)16;/h4,7,10-11,14H,2-3,5-6,8H2,1H3;1H/t10-,11-;/m1./s1. The van der Waals surface area contributed by atoms with Crippen LogP contribution in [0.15, 0.2) is 11.4 Å². The zero-order valence-corrected chi connectivity index (χ0v) is 12.1. The average molecular weight is 287 g/mol. The van der Waals surface area contributed by atoms with Crippen molar-refractivity contribution in [3.63, 3.8) is 0 Å². The summed E-state index contributed by atoms with van der Waals surface area (Å²) in [7, 11) is 0. The van der Waals surface area contributed by atoms with Crippen molar-refractivity contribution in [3.05, 3.63) is 21.9 Å². The number of carbonyl (C=O) groups is 1. The van der Waals surface area contributed by atoms with Gasteiger partial charge in [0.05, 0.1) is 0 Å². The number of fused-ring (bicyclic) bond motifs is 1. The highest BCUT2D eigenvalue weighted by Crippen LogP contribution is 2.27. The molecule has 0 spiro atoms. The van der Waals surface area contributed by atoms with Crippen LogP contribution in [0.4, 0.5) is 0 Å². The van der Waals surface area contributed by atoms with E-state index in [-0.39, 0.29) is 12.4 Å². The summed E-state index contributed by atoms with van der Waals surface area (Å²) in [6.07, 6.45) is 2.84. The highest BCUT2D eigenvalue weighted by molar-refractivity contribution is 7.10. The van der Waals surface area contributed by atoms with Gasteiger partial charge in [0.1, 0.15) is 0 Å². The number of thiophene rings is 1. The lowest BCUT2D eigenvalue weighted by atomic mass is 10.1. The lowest BCUT2D eigenvalue weighted by Gasteiger charge is -2.23.